The zero-order valence-corrected chi connectivity index (χ0v) is 19.1. The van der Waals surface area contributed by atoms with Crippen molar-refractivity contribution in [3.05, 3.63) is 23.8 Å². The average Bonchev–Trinajstić information content (AvgIpc) is 2.56. The van der Waals surface area contributed by atoms with Crippen molar-refractivity contribution >= 4 is 13.3 Å². The van der Waals surface area contributed by atoms with E-state index in [0.717, 1.165) is 19.3 Å². The van der Waals surface area contributed by atoms with Crippen LogP contribution in [0, 0.1) is 17.3 Å². The second kappa shape index (κ2) is 10.2. The van der Waals surface area contributed by atoms with Crippen molar-refractivity contribution < 1.29 is 18.8 Å². The molecule has 3 unspecified atom stereocenters. The van der Waals surface area contributed by atoms with Crippen molar-refractivity contribution in [1.82, 2.24) is 0 Å². The van der Waals surface area contributed by atoms with E-state index in [1.807, 2.05) is 0 Å². The molecular formula is C22H36O4P+. The SMILES string of the molecule is COc1cccc(OC)c1C(=O)[P+](=O)C(CC(C)C)CC(C)CC(C)(C)C. The van der Waals surface area contributed by atoms with Crippen LogP contribution in [0.3, 0.4) is 0 Å². The Labute approximate surface area is 165 Å². The molecule has 0 aliphatic heterocycles. The van der Waals surface area contributed by atoms with E-state index in [4.69, 9.17) is 9.47 Å². The monoisotopic (exact) mass is 395 g/mol. The average molecular weight is 396 g/mol. The molecule has 1 aromatic rings. The highest BCUT2D eigenvalue weighted by Gasteiger charge is 2.43. The van der Waals surface area contributed by atoms with Gasteiger partial charge in [0.1, 0.15) is 11.5 Å². The van der Waals surface area contributed by atoms with Gasteiger partial charge in [0, 0.05) is 0 Å². The first kappa shape index (κ1) is 23.6. The molecule has 0 spiro atoms. The molecule has 0 fully saturated rings. The summed E-state index contributed by atoms with van der Waals surface area (Å²) in [6.07, 6.45) is 2.59. The van der Waals surface area contributed by atoms with Gasteiger partial charge < -0.3 is 9.47 Å². The smallest absolute Gasteiger partial charge is 0.423 e. The van der Waals surface area contributed by atoms with Gasteiger partial charge in [0.25, 0.3) is 0 Å². The fourth-order valence-corrected chi connectivity index (χ4v) is 5.70. The molecule has 27 heavy (non-hydrogen) atoms. The second-order valence-electron chi connectivity index (χ2n) is 9.06. The summed E-state index contributed by atoms with van der Waals surface area (Å²) in [7, 11) is 0.938. The summed E-state index contributed by atoms with van der Waals surface area (Å²) in [4.78, 5) is 13.2. The quantitative estimate of drug-likeness (QED) is 0.422. The predicted octanol–water partition coefficient (Wildman–Crippen LogP) is 6.55. The van der Waals surface area contributed by atoms with Crippen LogP contribution in [-0.4, -0.2) is 25.4 Å². The Hall–Kier alpha value is -1.41. The molecular weight excluding hydrogens is 359 g/mol. The summed E-state index contributed by atoms with van der Waals surface area (Å²) in [6.45, 7) is 13.1. The number of methoxy groups -OCH3 is 2. The maximum absolute atomic E-state index is 13.3. The first-order chi connectivity index (χ1) is 12.5. The third kappa shape index (κ3) is 7.25. The van der Waals surface area contributed by atoms with Crippen molar-refractivity contribution in [3.63, 3.8) is 0 Å². The van der Waals surface area contributed by atoms with Gasteiger partial charge in [-0.25, -0.2) is 4.79 Å². The molecule has 1 aromatic carbocycles. The number of carbonyl (C=O) groups is 1. The standard InChI is InChI=1S/C22H36O4P/c1-15(2)12-17(13-16(3)14-22(4,5)6)27(24)21(23)20-18(25-7)10-9-11-19(20)26-8/h9-11,15-17H,12-14H2,1-8H3/q+1. The van der Waals surface area contributed by atoms with Gasteiger partial charge >= 0.3 is 13.3 Å². The molecule has 5 heteroatoms. The van der Waals surface area contributed by atoms with Crippen molar-refractivity contribution in [1.29, 1.82) is 0 Å². The van der Waals surface area contributed by atoms with E-state index >= 15 is 0 Å². The molecule has 0 radical (unpaired) electrons. The third-order valence-corrected chi connectivity index (χ3v) is 6.26. The molecule has 0 N–H and O–H groups in total. The highest BCUT2D eigenvalue weighted by Crippen LogP contribution is 2.45. The number of hydrogen-bond acceptors (Lipinski definition) is 4. The zero-order valence-electron chi connectivity index (χ0n) is 18.2. The lowest BCUT2D eigenvalue weighted by molar-refractivity contribution is 0.107. The molecule has 3 atom stereocenters. The minimum absolute atomic E-state index is 0.139. The van der Waals surface area contributed by atoms with E-state index in [0.29, 0.717) is 28.9 Å². The van der Waals surface area contributed by atoms with Crippen LogP contribution in [0.15, 0.2) is 18.2 Å². The second-order valence-corrected chi connectivity index (χ2v) is 10.8. The van der Waals surface area contributed by atoms with E-state index in [9.17, 15) is 9.36 Å². The van der Waals surface area contributed by atoms with Gasteiger partial charge in [-0.1, -0.05) is 52.2 Å². The Bertz CT molecular complexity index is 624. The normalized spacial score (nSPS) is 14.6. The van der Waals surface area contributed by atoms with Crippen molar-refractivity contribution in [2.75, 3.05) is 14.2 Å². The molecule has 0 saturated heterocycles. The first-order valence-electron chi connectivity index (χ1n) is 9.71. The fourth-order valence-electron chi connectivity index (χ4n) is 3.76. The molecule has 0 bridgehead atoms. The zero-order chi connectivity index (χ0) is 20.8. The summed E-state index contributed by atoms with van der Waals surface area (Å²) in [5.74, 6) is 1.60. The Balaban J connectivity index is 3.13. The minimum atomic E-state index is -2.08. The van der Waals surface area contributed by atoms with Crippen LogP contribution in [0.5, 0.6) is 11.5 Å². The Morgan fingerprint density at radius 1 is 1.04 bits per heavy atom. The molecule has 1 rings (SSSR count). The molecule has 0 saturated carbocycles. The van der Waals surface area contributed by atoms with Crippen LogP contribution in [0.4, 0.5) is 0 Å². The fraction of sp³-hybridized carbons (Fsp3) is 0.682. The van der Waals surface area contributed by atoms with E-state index in [1.165, 1.54) is 14.2 Å². The van der Waals surface area contributed by atoms with Crippen LogP contribution in [0.25, 0.3) is 0 Å². The van der Waals surface area contributed by atoms with Gasteiger partial charge in [0.15, 0.2) is 11.2 Å². The van der Waals surface area contributed by atoms with Crippen LogP contribution in [0.2, 0.25) is 0 Å². The first-order valence-corrected chi connectivity index (χ1v) is 11.0. The number of carbonyl (C=O) groups excluding carboxylic acids is 1. The van der Waals surface area contributed by atoms with Gasteiger partial charge in [-0.3, -0.25) is 0 Å². The molecule has 4 nitrogen and oxygen atoms in total. The summed E-state index contributed by atoms with van der Waals surface area (Å²) in [6, 6.07) is 5.18. The summed E-state index contributed by atoms with van der Waals surface area (Å²) < 4.78 is 24.0. The van der Waals surface area contributed by atoms with Gasteiger partial charge in [0.05, 0.1) is 14.2 Å². The number of rotatable bonds is 10. The highest BCUT2D eigenvalue weighted by atomic mass is 31.1. The lowest BCUT2D eigenvalue weighted by Gasteiger charge is -2.24. The van der Waals surface area contributed by atoms with Crippen LogP contribution in [-0.2, 0) is 4.57 Å². The molecule has 0 heterocycles. The number of benzene rings is 1. The summed E-state index contributed by atoms with van der Waals surface area (Å²) in [5, 5.41) is 0. The highest BCUT2D eigenvalue weighted by molar-refractivity contribution is 7.65. The Morgan fingerprint density at radius 3 is 1.96 bits per heavy atom. The number of hydrogen-bond donors (Lipinski definition) is 0. The van der Waals surface area contributed by atoms with Crippen LogP contribution in [0.1, 0.15) is 71.2 Å². The van der Waals surface area contributed by atoms with E-state index < -0.39 is 7.80 Å². The topological polar surface area (TPSA) is 52.6 Å². The molecule has 0 aliphatic carbocycles. The lowest BCUT2D eigenvalue weighted by atomic mass is 9.83. The Kier molecular flexibility index (Phi) is 8.94. The van der Waals surface area contributed by atoms with Gasteiger partial charge in [0.2, 0.25) is 0 Å². The summed E-state index contributed by atoms with van der Waals surface area (Å²) >= 11 is 0. The molecule has 152 valence electrons. The maximum atomic E-state index is 13.3. The predicted molar refractivity (Wildman–Crippen MR) is 113 cm³/mol. The van der Waals surface area contributed by atoms with Crippen LogP contribution >= 0.6 is 7.80 Å². The van der Waals surface area contributed by atoms with Gasteiger partial charge in [-0.05, 0) is 48.6 Å². The van der Waals surface area contributed by atoms with E-state index in [2.05, 4.69) is 41.5 Å². The van der Waals surface area contributed by atoms with E-state index in [1.54, 1.807) is 18.2 Å². The number of ether oxygens (including phenoxy) is 2. The van der Waals surface area contributed by atoms with E-state index in [-0.39, 0.29) is 16.6 Å². The van der Waals surface area contributed by atoms with Crippen molar-refractivity contribution in [2.24, 2.45) is 17.3 Å². The lowest BCUT2D eigenvalue weighted by Crippen LogP contribution is -2.18. The maximum Gasteiger partial charge on any atom is 0.423 e. The Morgan fingerprint density at radius 2 is 1.56 bits per heavy atom. The van der Waals surface area contributed by atoms with Crippen molar-refractivity contribution in [3.8, 4) is 11.5 Å². The largest absolute Gasteiger partial charge is 0.496 e. The van der Waals surface area contributed by atoms with Gasteiger partial charge in [-0.2, -0.15) is 0 Å². The molecule has 0 aliphatic rings. The molecule has 0 amide bonds. The van der Waals surface area contributed by atoms with Crippen molar-refractivity contribution in [2.45, 2.75) is 66.5 Å². The molecule has 0 aromatic heterocycles. The minimum Gasteiger partial charge on any atom is -0.496 e. The third-order valence-electron chi connectivity index (χ3n) is 4.55. The summed E-state index contributed by atoms with van der Waals surface area (Å²) in [5.41, 5.74) is -0.00299. The van der Waals surface area contributed by atoms with Crippen LogP contribution < -0.4 is 9.47 Å². The van der Waals surface area contributed by atoms with Gasteiger partial charge in [-0.15, -0.1) is 0 Å².